The van der Waals surface area contributed by atoms with Crippen LogP contribution >= 0.6 is 0 Å². The maximum absolute atomic E-state index is 11.2. The molecule has 4 rings (SSSR count). The normalized spacial score (nSPS) is 11.2. The van der Waals surface area contributed by atoms with E-state index >= 15 is 0 Å². The van der Waals surface area contributed by atoms with Crippen molar-refractivity contribution in [1.82, 2.24) is 19.6 Å². The minimum atomic E-state index is -0.470. The molecule has 0 aliphatic heterocycles. The topological polar surface area (TPSA) is 78.8 Å². The van der Waals surface area contributed by atoms with E-state index in [4.69, 9.17) is 5.10 Å². The van der Waals surface area contributed by atoms with Crippen LogP contribution in [0.1, 0.15) is 33.5 Å². The average Bonchev–Trinajstić information content (AvgIpc) is 3.26. The standard InChI is InChI=1S/C25H27N5O2/c1-15-7-9-21(11-17(15)3)24-20(6)25(22-10-8-16(2)18(4)12-22)29(27-24)14-28-19(5)13-23(26-28)30(31)32/h7-13H,14H2,1-6H3. The van der Waals surface area contributed by atoms with E-state index in [-0.39, 0.29) is 12.5 Å². The Hall–Kier alpha value is -3.74. The van der Waals surface area contributed by atoms with Crippen molar-refractivity contribution in [2.75, 3.05) is 0 Å². The summed E-state index contributed by atoms with van der Waals surface area (Å²) >= 11 is 0. The number of aryl methyl sites for hydroxylation is 5. The van der Waals surface area contributed by atoms with Crippen LogP contribution in [0.15, 0.2) is 42.5 Å². The van der Waals surface area contributed by atoms with Gasteiger partial charge < -0.3 is 10.1 Å². The third-order valence-electron chi connectivity index (χ3n) is 6.17. The van der Waals surface area contributed by atoms with Gasteiger partial charge in [0.2, 0.25) is 0 Å². The van der Waals surface area contributed by atoms with Crippen LogP contribution < -0.4 is 0 Å². The van der Waals surface area contributed by atoms with Crippen LogP contribution in [0.2, 0.25) is 0 Å². The van der Waals surface area contributed by atoms with Crippen molar-refractivity contribution in [2.24, 2.45) is 0 Å². The molecule has 0 aliphatic rings. The van der Waals surface area contributed by atoms with E-state index in [0.29, 0.717) is 5.69 Å². The quantitative estimate of drug-likeness (QED) is 0.302. The molecule has 0 saturated carbocycles. The minimum Gasteiger partial charge on any atom is -0.358 e. The van der Waals surface area contributed by atoms with Gasteiger partial charge in [-0.1, -0.05) is 24.3 Å². The van der Waals surface area contributed by atoms with E-state index in [1.807, 2.05) is 11.6 Å². The lowest BCUT2D eigenvalue weighted by molar-refractivity contribution is -0.389. The molecule has 164 valence electrons. The van der Waals surface area contributed by atoms with Crippen LogP contribution in [0.25, 0.3) is 22.5 Å². The Morgan fingerprint density at radius 3 is 1.94 bits per heavy atom. The largest absolute Gasteiger partial charge is 0.390 e. The Morgan fingerprint density at radius 1 is 0.781 bits per heavy atom. The second-order valence-electron chi connectivity index (χ2n) is 8.46. The van der Waals surface area contributed by atoms with Gasteiger partial charge in [0.15, 0.2) is 6.67 Å². The minimum absolute atomic E-state index is 0.159. The maximum Gasteiger partial charge on any atom is 0.390 e. The second-order valence-corrected chi connectivity index (χ2v) is 8.46. The first kappa shape index (κ1) is 21.5. The average molecular weight is 430 g/mol. The fourth-order valence-electron chi connectivity index (χ4n) is 3.92. The zero-order valence-corrected chi connectivity index (χ0v) is 19.3. The first-order valence-corrected chi connectivity index (χ1v) is 10.6. The molecule has 0 radical (unpaired) electrons. The summed E-state index contributed by atoms with van der Waals surface area (Å²) in [6, 6.07) is 14.2. The SMILES string of the molecule is Cc1ccc(-c2nn(Cn3nc([N+](=O)[O-])cc3C)c(-c3ccc(C)c(C)c3)c2C)cc1C. The molecule has 0 atom stereocenters. The Morgan fingerprint density at radius 2 is 1.38 bits per heavy atom. The molecule has 7 nitrogen and oxygen atoms in total. The van der Waals surface area contributed by atoms with Crippen LogP contribution in [-0.2, 0) is 6.67 Å². The van der Waals surface area contributed by atoms with Crippen LogP contribution in [0, 0.1) is 51.7 Å². The third-order valence-corrected chi connectivity index (χ3v) is 6.17. The predicted octanol–water partition coefficient (Wildman–Crippen LogP) is 5.68. The number of hydrogen-bond acceptors (Lipinski definition) is 4. The van der Waals surface area contributed by atoms with E-state index < -0.39 is 4.92 Å². The van der Waals surface area contributed by atoms with E-state index in [2.05, 4.69) is 76.1 Å². The van der Waals surface area contributed by atoms with Crippen molar-refractivity contribution in [3.8, 4) is 22.5 Å². The van der Waals surface area contributed by atoms with Gasteiger partial charge >= 0.3 is 5.82 Å². The van der Waals surface area contributed by atoms with Gasteiger partial charge in [-0.15, -0.1) is 0 Å². The number of nitro groups is 1. The molecule has 0 spiro atoms. The molecular formula is C25H27N5O2. The highest BCUT2D eigenvalue weighted by atomic mass is 16.6. The number of benzene rings is 2. The van der Waals surface area contributed by atoms with Gasteiger partial charge in [-0.05, 0) is 80.9 Å². The van der Waals surface area contributed by atoms with Crippen molar-refractivity contribution >= 4 is 5.82 Å². The monoisotopic (exact) mass is 429 g/mol. The van der Waals surface area contributed by atoms with Crippen LogP contribution in [-0.4, -0.2) is 24.5 Å². The lowest BCUT2D eigenvalue weighted by Gasteiger charge is -2.10. The van der Waals surface area contributed by atoms with Gasteiger partial charge in [-0.2, -0.15) is 9.78 Å². The van der Waals surface area contributed by atoms with Gasteiger partial charge in [-0.3, -0.25) is 0 Å². The molecule has 0 saturated heterocycles. The molecule has 4 aromatic rings. The van der Waals surface area contributed by atoms with Gasteiger partial charge in [0, 0.05) is 16.7 Å². The van der Waals surface area contributed by atoms with E-state index in [9.17, 15) is 10.1 Å². The lowest BCUT2D eigenvalue weighted by Crippen LogP contribution is -2.14. The molecule has 0 amide bonds. The van der Waals surface area contributed by atoms with E-state index in [1.54, 1.807) is 4.68 Å². The second kappa shape index (κ2) is 8.07. The number of nitrogens with zero attached hydrogens (tertiary/aromatic N) is 5. The fraction of sp³-hybridized carbons (Fsp3) is 0.280. The fourth-order valence-corrected chi connectivity index (χ4v) is 3.92. The Kier molecular flexibility index (Phi) is 5.42. The predicted molar refractivity (Wildman–Crippen MR) is 126 cm³/mol. The first-order chi connectivity index (χ1) is 15.2. The van der Waals surface area contributed by atoms with Gasteiger partial charge in [-0.25, -0.2) is 4.68 Å². The third kappa shape index (κ3) is 3.82. The molecule has 2 aromatic carbocycles. The van der Waals surface area contributed by atoms with Crippen LogP contribution in [0.3, 0.4) is 0 Å². The molecule has 2 aromatic heterocycles. The molecule has 2 heterocycles. The zero-order valence-electron chi connectivity index (χ0n) is 19.3. The molecular weight excluding hydrogens is 402 g/mol. The highest BCUT2D eigenvalue weighted by Gasteiger charge is 2.21. The Labute approximate surface area is 187 Å². The summed E-state index contributed by atoms with van der Waals surface area (Å²) in [6.07, 6.45) is 0. The molecule has 0 fully saturated rings. The summed E-state index contributed by atoms with van der Waals surface area (Å²) in [4.78, 5) is 10.7. The molecule has 32 heavy (non-hydrogen) atoms. The van der Waals surface area contributed by atoms with Crippen molar-refractivity contribution in [3.63, 3.8) is 0 Å². The van der Waals surface area contributed by atoms with Crippen molar-refractivity contribution in [2.45, 2.75) is 48.2 Å². The van der Waals surface area contributed by atoms with Crippen molar-refractivity contribution < 1.29 is 4.92 Å². The van der Waals surface area contributed by atoms with E-state index in [1.165, 1.54) is 28.3 Å². The Bertz CT molecular complexity index is 1350. The van der Waals surface area contributed by atoms with Crippen molar-refractivity contribution in [3.05, 3.63) is 86.1 Å². The molecule has 0 N–H and O–H groups in total. The van der Waals surface area contributed by atoms with Gasteiger partial charge in [0.05, 0.1) is 28.2 Å². The number of rotatable bonds is 5. The number of aromatic nitrogens is 4. The first-order valence-electron chi connectivity index (χ1n) is 10.6. The zero-order chi connectivity index (χ0) is 23.2. The molecule has 0 unspecified atom stereocenters. The smallest absolute Gasteiger partial charge is 0.358 e. The summed E-state index contributed by atoms with van der Waals surface area (Å²) in [5.74, 6) is -0.159. The summed E-state index contributed by atoms with van der Waals surface area (Å²) in [5.41, 5.74) is 10.7. The lowest BCUT2D eigenvalue weighted by atomic mass is 9.98. The highest BCUT2D eigenvalue weighted by Crippen LogP contribution is 2.33. The molecule has 0 aliphatic carbocycles. The summed E-state index contributed by atoms with van der Waals surface area (Å²) in [7, 11) is 0. The highest BCUT2D eigenvalue weighted by molar-refractivity contribution is 5.75. The van der Waals surface area contributed by atoms with Crippen LogP contribution in [0.5, 0.6) is 0 Å². The summed E-state index contributed by atoms with van der Waals surface area (Å²) in [6.45, 7) is 12.6. The van der Waals surface area contributed by atoms with Gasteiger partial charge in [0.1, 0.15) is 0 Å². The maximum atomic E-state index is 11.2. The summed E-state index contributed by atoms with van der Waals surface area (Å²) in [5, 5.41) is 20.3. The molecule has 0 bridgehead atoms. The number of hydrogen-bond donors (Lipinski definition) is 0. The van der Waals surface area contributed by atoms with Crippen molar-refractivity contribution in [1.29, 1.82) is 0 Å². The Balaban J connectivity index is 1.89. The van der Waals surface area contributed by atoms with E-state index in [0.717, 1.165) is 28.1 Å². The van der Waals surface area contributed by atoms with Crippen LogP contribution in [0.4, 0.5) is 5.82 Å². The molecule has 7 heteroatoms. The van der Waals surface area contributed by atoms with Gasteiger partial charge in [0.25, 0.3) is 0 Å². The summed E-state index contributed by atoms with van der Waals surface area (Å²) < 4.78 is 3.52.